The smallest absolute Gasteiger partial charge is 0.873 e. The van der Waals surface area contributed by atoms with Crippen LogP contribution in [-0.4, -0.2) is 11.9 Å². The molecule has 0 atom stereocenters. The molecule has 0 saturated heterocycles. The van der Waals surface area contributed by atoms with E-state index in [0.29, 0.717) is 5.56 Å². The van der Waals surface area contributed by atoms with Crippen LogP contribution in [0.5, 0.6) is 11.5 Å². The third kappa shape index (κ3) is 20.4. The van der Waals surface area contributed by atoms with Gasteiger partial charge in [0, 0.05) is 6.21 Å². The van der Waals surface area contributed by atoms with Gasteiger partial charge in [0.1, 0.15) is 0 Å². The molecule has 0 N–H and O–H groups in total. The Kier molecular flexibility index (Phi) is 30.1. The Labute approximate surface area is 367 Å². The molecule has 0 heterocycles. The van der Waals surface area contributed by atoms with Crippen molar-refractivity contribution in [3.05, 3.63) is 81.4 Å². The molecular weight excluding hydrogens is 755 g/mol. The second-order valence-electron chi connectivity index (χ2n) is 16.4. The third-order valence-electron chi connectivity index (χ3n) is 11.3. The topological polar surface area (TPSA) is 70.8 Å². The first-order valence-electron chi connectivity index (χ1n) is 23.6. The predicted molar refractivity (Wildman–Crippen MR) is 248 cm³/mol. The van der Waals surface area contributed by atoms with Gasteiger partial charge in [-0.25, -0.2) is 0 Å². The van der Waals surface area contributed by atoms with E-state index in [4.69, 9.17) is 9.98 Å². The molecule has 0 aliphatic heterocycles. The van der Waals surface area contributed by atoms with Crippen LogP contribution in [0.3, 0.4) is 0 Å². The van der Waals surface area contributed by atoms with Gasteiger partial charge in [0.2, 0.25) is 0 Å². The summed E-state index contributed by atoms with van der Waals surface area (Å²) in [7, 11) is 0. The number of hydrogen-bond acceptors (Lipinski definition) is 4. The van der Waals surface area contributed by atoms with Crippen LogP contribution in [0.15, 0.2) is 52.4 Å². The van der Waals surface area contributed by atoms with Crippen LogP contribution in [0.2, 0.25) is 0 Å². The zero-order valence-electron chi connectivity index (χ0n) is 38.3. The summed E-state index contributed by atoms with van der Waals surface area (Å²) >= 11 is 0. The van der Waals surface area contributed by atoms with Crippen molar-refractivity contribution in [2.75, 3.05) is 0 Å². The normalized spacial score (nSPS) is 11.5. The standard InChI is InChI=1S/C38H60N2.C15H24O2.Ni/c1-6-11-16-20-32-25-27-36(29-34(32)22-18-13-8-3)39-31-38(24-15-10-5)40-37-28-26-33(21-17-12-7-2)35(30-37)23-19-14-9-4;1-4-6-7-9-13-11(3)15(17)14(16)10-12(13)8-5-2;/h25-31H,6-24H2,1-5H3;10,16-17H,4-9H2,1-3H3;/q;;+2/p-2. The number of nitrogens with zero attached hydrogens (tertiary/aromatic N) is 2. The van der Waals surface area contributed by atoms with E-state index in [1.54, 1.807) is 13.0 Å². The first-order valence-corrected chi connectivity index (χ1v) is 23.6. The molecule has 0 aliphatic carbocycles. The summed E-state index contributed by atoms with van der Waals surface area (Å²) in [6, 6.07) is 15.4. The second-order valence-corrected chi connectivity index (χ2v) is 16.4. The summed E-state index contributed by atoms with van der Waals surface area (Å²) in [5.74, 6) is -0.651. The summed E-state index contributed by atoms with van der Waals surface area (Å²) in [6.45, 7) is 17.5. The van der Waals surface area contributed by atoms with E-state index >= 15 is 0 Å². The average molecular weight is 838 g/mol. The van der Waals surface area contributed by atoms with Crippen LogP contribution < -0.4 is 10.2 Å². The van der Waals surface area contributed by atoms with Crippen molar-refractivity contribution in [1.29, 1.82) is 0 Å². The maximum Gasteiger partial charge on any atom is 2.00 e. The fourth-order valence-corrected chi connectivity index (χ4v) is 7.68. The minimum atomic E-state index is -0.342. The Bertz CT molecular complexity index is 1590. The minimum Gasteiger partial charge on any atom is -0.873 e. The largest absolute Gasteiger partial charge is 2.00 e. The summed E-state index contributed by atoms with van der Waals surface area (Å²) in [6.07, 6.45) is 31.7. The summed E-state index contributed by atoms with van der Waals surface area (Å²) in [5, 5.41) is 23.2. The zero-order chi connectivity index (χ0) is 41.7. The number of unbranched alkanes of at least 4 members (excludes halogenated alkanes) is 11. The molecule has 0 saturated carbocycles. The number of benzene rings is 3. The van der Waals surface area contributed by atoms with Crippen LogP contribution in [0.4, 0.5) is 11.4 Å². The molecule has 0 bridgehead atoms. The van der Waals surface area contributed by atoms with Crippen molar-refractivity contribution < 1.29 is 26.7 Å². The maximum absolute atomic E-state index is 11.7. The van der Waals surface area contributed by atoms with Crippen LogP contribution in [0.25, 0.3) is 0 Å². The van der Waals surface area contributed by atoms with Gasteiger partial charge in [-0.1, -0.05) is 149 Å². The first kappa shape index (κ1) is 53.1. The average Bonchev–Trinajstić information content (AvgIpc) is 3.21. The molecule has 326 valence electrons. The van der Waals surface area contributed by atoms with E-state index in [9.17, 15) is 10.2 Å². The van der Waals surface area contributed by atoms with Crippen LogP contribution in [-0.2, 0) is 55.0 Å². The molecule has 3 aromatic carbocycles. The number of aryl methyl sites for hydroxylation is 5. The Morgan fingerprint density at radius 2 is 0.931 bits per heavy atom. The van der Waals surface area contributed by atoms with Crippen molar-refractivity contribution >= 4 is 23.3 Å². The van der Waals surface area contributed by atoms with E-state index in [-0.39, 0.29) is 28.0 Å². The molecule has 0 aromatic heterocycles. The SMILES string of the molecule is CCCCCc1c(CCC)cc([O-])c([O-])c1C.CCCCCc1ccc(N=CC(CCCC)=Nc2ccc(CCCCC)c(CCCCC)c2)cc1CCCCC.[Ni+2]. The van der Waals surface area contributed by atoms with E-state index in [1.807, 2.05) is 6.21 Å². The van der Waals surface area contributed by atoms with E-state index in [2.05, 4.69) is 84.9 Å². The third-order valence-corrected chi connectivity index (χ3v) is 11.3. The molecule has 0 aliphatic rings. The van der Waals surface area contributed by atoms with Gasteiger partial charge in [-0.2, -0.15) is 0 Å². The Morgan fingerprint density at radius 1 is 0.483 bits per heavy atom. The Morgan fingerprint density at radius 3 is 1.41 bits per heavy atom. The molecular formula is C53H82N2NiO2. The van der Waals surface area contributed by atoms with E-state index < -0.39 is 0 Å². The molecule has 0 fully saturated rings. The van der Waals surface area contributed by atoms with Gasteiger partial charge < -0.3 is 10.2 Å². The molecule has 0 radical (unpaired) electrons. The molecule has 0 amide bonds. The van der Waals surface area contributed by atoms with Crippen LogP contribution in [0.1, 0.15) is 209 Å². The van der Waals surface area contributed by atoms with E-state index in [0.717, 1.165) is 66.7 Å². The summed E-state index contributed by atoms with van der Waals surface area (Å²) in [4.78, 5) is 10.1. The fourth-order valence-electron chi connectivity index (χ4n) is 7.68. The molecule has 3 aromatic rings. The van der Waals surface area contributed by atoms with Gasteiger partial charge in [0.25, 0.3) is 0 Å². The predicted octanol–water partition coefficient (Wildman–Crippen LogP) is 15.1. The maximum atomic E-state index is 11.7. The van der Waals surface area contributed by atoms with Crippen molar-refractivity contribution in [2.45, 2.75) is 216 Å². The summed E-state index contributed by atoms with van der Waals surface area (Å²) in [5.41, 5.74) is 12.2. The number of rotatable bonds is 28. The number of aliphatic imine (C=N–C) groups is 2. The molecule has 58 heavy (non-hydrogen) atoms. The van der Waals surface area contributed by atoms with Crippen molar-refractivity contribution in [3.8, 4) is 11.5 Å². The first-order chi connectivity index (χ1) is 27.8. The van der Waals surface area contributed by atoms with Crippen molar-refractivity contribution in [2.24, 2.45) is 9.98 Å². The van der Waals surface area contributed by atoms with Crippen molar-refractivity contribution in [3.63, 3.8) is 0 Å². The zero-order valence-corrected chi connectivity index (χ0v) is 39.3. The molecule has 3 rings (SSSR count). The van der Waals surface area contributed by atoms with Gasteiger partial charge >= 0.3 is 16.5 Å². The monoisotopic (exact) mass is 837 g/mol. The Hall–Kier alpha value is -2.91. The van der Waals surface area contributed by atoms with Gasteiger partial charge in [-0.15, -0.1) is 11.5 Å². The van der Waals surface area contributed by atoms with Crippen LogP contribution >= 0.6 is 0 Å². The van der Waals surface area contributed by atoms with E-state index in [1.165, 1.54) is 144 Å². The van der Waals surface area contributed by atoms with Crippen molar-refractivity contribution in [1.82, 2.24) is 0 Å². The van der Waals surface area contributed by atoms with Gasteiger partial charge in [0.15, 0.2) is 0 Å². The number of hydrogen-bond donors (Lipinski definition) is 0. The van der Waals surface area contributed by atoms with Gasteiger partial charge in [-0.05, 0) is 148 Å². The molecule has 0 unspecified atom stereocenters. The summed E-state index contributed by atoms with van der Waals surface area (Å²) < 4.78 is 0. The second kappa shape index (κ2) is 32.9. The molecule has 5 heteroatoms. The fraction of sp³-hybridized carbons (Fsp3) is 0.623. The van der Waals surface area contributed by atoms with Gasteiger partial charge in [-0.3, -0.25) is 9.98 Å². The Balaban J connectivity index is 0.000000781. The minimum absolute atomic E-state index is 0. The quantitative estimate of drug-likeness (QED) is 0.0415. The van der Waals surface area contributed by atoms with Crippen LogP contribution in [0, 0.1) is 6.92 Å². The van der Waals surface area contributed by atoms with Gasteiger partial charge in [0.05, 0.1) is 17.1 Å². The molecule has 4 nitrogen and oxygen atoms in total. The molecule has 0 spiro atoms.